The lowest BCUT2D eigenvalue weighted by Crippen LogP contribution is -2.34. The first-order valence-electron chi connectivity index (χ1n) is 6.69. The van der Waals surface area contributed by atoms with Crippen LogP contribution in [0.5, 0.6) is 0 Å². The Balaban J connectivity index is 2.16. The van der Waals surface area contributed by atoms with Crippen molar-refractivity contribution in [1.29, 1.82) is 0 Å². The first-order valence-corrected chi connectivity index (χ1v) is 6.69. The minimum atomic E-state index is 0.200. The topological polar surface area (TPSA) is 42.2 Å². The molecule has 4 nitrogen and oxygen atoms in total. The zero-order valence-electron chi connectivity index (χ0n) is 11.6. The van der Waals surface area contributed by atoms with Crippen LogP contribution in [0, 0.1) is 5.92 Å². The van der Waals surface area contributed by atoms with Gasteiger partial charge in [0.2, 0.25) is 0 Å². The van der Waals surface area contributed by atoms with Crippen molar-refractivity contribution in [3.8, 4) is 0 Å². The molecule has 3 atom stereocenters. The Morgan fingerprint density at radius 2 is 2.00 bits per heavy atom. The molecule has 0 amide bonds. The monoisotopic (exact) mass is 246 g/mol. The SMILES string of the molecule is CCC(C)C(C)NC(C)c1nnc2ccccn12. The van der Waals surface area contributed by atoms with Crippen LogP contribution < -0.4 is 5.32 Å². The lowest BCUT2D eigenvalue weighted by molar-refractivity contribution is 0.353. The summed E-state index contributed by atoms with van der Waals surface area (Å²) in [5.41, 5.74) is 0.900. The zero-order chi connectivity index (χ0) is 13.1. The predicted molar refractivity (Wildman–Crippen MR) is 73.5 cm³/mol. The largest absolute Gasteiger partial charge is 0.305 e. The van der Waals surface area contributed by atoms with Gasteiger partial charge in [-0.2, -0.15) is 0 Å². The first kappa shape index (κ1) is 13.0. The number of nitrogens with one attached hydrogen (secondary N) is 1. The average Bonchev–Trinajstić information content (AvgIpc) is 2.81. The Morgan fingerprint density at radius 3 is 2.72 bits per heavy atom. The normalized spacial score (nSPS) is 16.7. The van der Waals surface area contributed by atoms with Gasteiger partial charge in [0.05, 0.1) is 6.04 Å². The number of fused-ring (bicyclic) bond motifs is 1. The van der Waals surface area contributed by atoms with Crippen LogP contribution in [0.4, 0.5) is 0 Å². The molecule has 4 heteroatoms. The highest BCUT2D eigenvalue weighted by atomic mass is 15.3. The van der Waals surface area contributed by atoms with E-state index < -0.39 is 0 Å². The summed E-state index contributed by atoms with van der Waals surface area (Å²) in [5, 5.41) is 12.1. The maximum atomic E-state index is 4.28. The molecule has 2 aromatic heterocycles. The number of nitrogens with zero attached hydrogens (tertiary/aromatic N) is 3. The Hall–Kier alpha value is -1.42. The van der Waals surface area contributed by atoms with Gasteiger partial charge in [0, 0.05) is 12.2 Å². The van der Waals surface area contributed by atoms with Crippen LogP contribution >= 0.6 is 0 Å². The molecule has 0 fully saturated rings. The second-order valence-electron chi connectivity index (χ2n) is 5.05. The van der Waals surface area contributed by atoms with Gasteiger partial charge < -0.3 is 5.32 Å². The third kappa shape index (κ3) is 2.53. The van der Waals surface area contributed by atoms with E-state index in [0.29, 0.717) is 12.0 Å². The molecule has 0 aromatic carbocycles. The standard InChI is InChI=1S/C14H22N4/c1-5-10(2)11(3)15-12(4)14-17-16-13-8-6-7-9-18(13)14/h6-12,15H,5H2,1-4H3. The number of hydrogen-bond acceptors (Lipinski definition) is 3. The van der Waals surface area contributed by atoms with Gasteiger partial charge in [-0.1, -0.05) is 26.3 Å². The molecule has 0 saturated carbocycles. The summed E-state index contributed by atoms with van der Waals surface area (Å²) in [6, 6.07) is 6.63. The highest BCUT2D eigenvalue weighted by molar-refractivity contribution is 5.37. The molecule has 0 spiro atoms. The van der Waals surface area contributed by atoms with Crippen molar-refractivity contribution < 1.29 is 0 Å². The number of rotatable bonds is 5. The van der Waals surface area contributed by atoms with Crippen LogP contribution in [0.25, 0.3) is 5.65 Å². The van der Waals surface area contributed by atoms with E-state index in [2.05, 4.69) is 43.2 Å². The van der Waals surface area contributed by atoms with Crippen LogP contribution in [0.15, 0.2) is 24.4 Å². The van der Waals surface area contributed by atoms with Crippen molar-refractivity contribution in [2.45, 2.75) is 46.2 Å². The van der Waals surface area contributed by atoms with Crippen molar-refractivity contribution in [3.05, 3.63) is 30.2 Å². The molecule has 18 heavy (non-hydrogen) atoms. The van der Waals surface area contributed by atoms with E-state index in [9.17, 15) is 0 Å². The summed E-state index contributed by atoms with van der Waals surface area (Å²) in [7, 11) is 0. The summed E-state index contributed by atoms with van der Waals surface area (Å²) in [6.07, 6.45) is 3.19. The van der Waals surface area contributed by atoms with E-state index >= 15 is 0 Å². The smallest absolute Gasteiger partial charge is 0.160 e. The number of pyridine rings is 1. The minimum Gasteiger partial charge on any atom is -0.305 e. The Morgan fingerprint density at radius 1 is 1.22 bits per heavy atom. The molecule has 2 rings (SSSR count). The van der Waals surface area contributed by atoms with E-state index in [0.717, 1.165) is 11.5 Å². The molecule has 0 bridgehead atoms. The second-order valence-corrected chi connectivity index (χ2v) is 5.05. The Labute approximate surface area is 108 Å². The average molecular weight is 246 g/mol. The molecule has 3 unspecified atom stereocenters. The highest BCUT2D eigenvalue weighted by Gasteiger charge is 2.17. The van der Waals surface area contributed by atoms with E-state index in [1.165, 1.54) is 6.42 Å². The van der Waals surface area contributed by atoms with Gasteiger partial charge in [-0.05, 0) is 31.9 Å². The lowest BCUT2D eigenvalue weighted by atomic mass is 10.0. The maximum absolute atomic E-state index is 4.28. The second kappa shape index (κ2) is 5.48. The van der Waals surface area contributed by atoms with Crippen molar-refractivity contribution in [2.24, 2.45) is 5.92 Å². The molecule has 1 N–H and O–H groups in total. The Bertz CT molecular complexity index is 505. The molecule has 0 radical (unpaired) electrons. The van der Waals surface area contributed by atoms with E-state index in [4.69, 9.17) is 0 Å². The third-order valence-electron chi connectivity index (χ3n) is 3.74. The van der Waals surface area contributed by atoms with Gasteiger partial charge in [0.1, 0.15) is 0 Å². The first-order chi connectivity index (χ1) is 8.63. The molecule has 2 heterocycles. The van der Waals surface area contributed by atoms with Gasteiger partial charge in [-0.15, -0.1) is 10.2 Å². The quantitative estimate of drug-likeness (QED) is 0.882. The molecule has 98 valence electrons. The molecule has 2 aromatic rings. The van der Waals surface area contributed by atoms with Gasteiger partial charge >= 0.3 is 0 Å². The van der Waals surface area contributed by atoms with E-state index in [-0.39, 0.29) is 6.04 Å². The van der Waals surface area contributed by atoms with Gasteiger partial charge in [0.25, 0.3) is 0 Å². The fourth-order valence-corrected chi connectivity index (χ4v) is 2.14. The molecular weight excluding hydrogens is 224 g/mol. The third-order valence-corrected chi connectivity index (χ3v) is 3.74. The minimum absolute atomic E-state index is 0.200. The van der Waals surface area contributed by atoms with E-state index in [1.807, 2.05) is 28.8 Å². The molecule has 0 saturated heterocycles. The van der Waals surface area contributed by atoms with Crippen molar-refractivity contribution in [3.63, 3.8) is 0 Å². The summed E-state index contributed by atoms with van der Waals surface area (Å²) in [6.45, 7) is 8.86. The molecule has 0 aliphatic rings. The predicted octanol–water partition coefficient (Wildman–Crippen LogP) is 2.81. The summed E-state index contributed by atoms with van der Waals surface area (Å²) in [5.74, 6) is 1.63. The maximum Gasteiger partial charge on any atom is 0.160 e. The van der Waals surface area contributed by atoms with Crippen LogP contribution in [-0.2, 0) is 0 Å². The fourth-order valence-electron chi connectivity index (χ4n) is 2.14. The summed E-state index contributed by atoms with van der Waals surface area (Å²) in [4.78, 5) is 0. The Kier molecular flexibility index (Phi) is 3.97. The van der Waals surface area contributed by atoms with Crippen LogP contribution in [0.1, 0.15) is 46.0 Å². The zero-order valence-corrected chi connectivity index (χ0v) is 11.6. The van der Waals surface area contributed by atoms with E-state index in [1.54, 1.807) is 0 Å². The fraction of sp³-hybridized carbons (Fsp3) is 0.571. The number of hydrogen-bond donors (Lipinski definition) is 1. The summed E-state index contributed by atoms with van der Waals surface area (Å²) >= 11 is 0. The lowest BCUT2D eigenvalue weighted by Gasteiger charge is -2.23. The van der Waals surface area contributed by atoms with Crippen LogP contribution in [0.2, 0.25) is 0 Å². The van der Waals surface area contributed by atoms with Crippen molar-refractivity contribution >= 4 is 5.65 Å². The van der Waals surface area contributed by atoms with Crippen LogP contribution in [0.3, 0.4) is 0 Å². The molecule has 0 aliphatic carbocycles. The van der Waals surface area contributed by atoms with Gasteiger partial charge in [-0.25, -0.2) is 0 Å². The highest BCUT2D eigenvalue weighted by Crippen LogP contribution is 2.15. The van der Waals surface area contributed by atoms with Gasteiger partial charge in [-0.3, -0.25) is 4.40 Å². The number of aromatic nitrogens is 3. The molecule has 0 aliphatic heterocycles. The molecular formula is C14H22N4. The van der Waals surface area contributed by atoms with Crippen molar-refractivity contribution in [1.82, 2.24) is 19.9 Å². The van der Waals surface area contributed by atoms with Crippen molar-refractivity contribution in [2.75, 3.05) is 0 Å². The van der Waals surface area contributed by atoms with Crippen LogP contribution in [-0.4, -0.2) is 20.6 Å². The summed E-state index contributed by atoms with van der Waals surface area (Å²) < 4.78 is 2.04. The van der Waals surface area contributed by atoms with Gasteiger partial charge in [0.15, 0.2) is 11.5 Å².